The molecule has 0 bridgehead atoms. The quantitative estimate of drug-likeness (QED) is 0.284. The van der Waals surface area contributed by atoms with Gasteiger partial charge < -0.3 is 25.3 Å². The average Bonchev–Trinajstić information content (AvgIpc) is 3.82. The van der Waals surface area contributed by atoms with Gasteiger partial charge in [-0.1, -0.05) is 44.2 Å². The summed E-state index contributed by atoms with van der Waals surface area (Å²) >= 11 is 0. The predicted molar refractivity (Wildman–Crippen MR) is 175 cm³/mol. The number of aromatic nitrogens is 5. The zero-order valence-corrected chi connectivity index (χ0v) is 27.6. The van der Waals surface area contributed by atoms with Crippen molar-refractivity contribution in [3.8, 4) is 0 Å². The number of nitrogens with zero attached hydrogens (tertiary/aromatic N) is 6. The highest BCUT2D eigenvalue weighted by Gasteiger charge is 2.30. The minimum atomic E-state index is -0.866. The van der Waals surface area contributed by atoms with Crippen molar-refractivity contribution in [3.05, 3.63) is 89.7 Å². The van der Waals surface area contributed by atoms with Gasteiger partial charge in [-0.05, 0) is 49.4 Å². The molecule has 0 spiro atoms. The molecule has 3 N–H and O–H groups in total. The standard InChI is InChI=1S/C34H43N9O5/c1-23(2)31-32-37-24(3)40-43(32)22-30(45)35-15-8-18-41(34(47)28-14-13-26(48-28)21-42-19-9-16-36-42)17-7-12-29(44)38-27(33(46)39-31)20-25-10-5-4-6-11-25/h4-6,9-11,13-14,16,19,23,27,31H,7-8,12,15,17-18,20-22H2,1-3H3,(H,35,45)(H,38,44)(H,39,46)/t27-,31+/m1/s1. The third kappa shape index (κ3) is 9.17. The normalized spacial score (nSPS) is 18.8. The maximum absolute atomic E-state index is 13.8. The molecule has 14 nitrogen and oxygen atoms in total. The number of nitrogens with one attached hydrogen (secondary N) is 3. The summed E-state index contributed by atoms with van der Waals surface area (Å²) in [4.78, 5) is 59.9. The first kappa shape index (κ1) is 34.1. The van der Waals surface area contributed by atoms with Gasteiger partial charge >= 0.3 is 0 Å². The summed E-state index contributed by atoms with van der Waals surface area (Å²) in [6, 6.07) is 13.2. The lowest BCUT2D eigenvalue weighted by atomic mass is 10.0. The minimum absolute atomic E-state index is 0.0858. The summed E-state index contributed by atoms with van der Waals surface area (Å²) < 4.78 is 9.07. The topological polar surface area (TPSA) is 169 Å². The minimum Gasteiger partial charge on any atom is -0.454 e. The molecule has 1 aromatic carbocycles. The molecule has 0 saturated heterocycles. The van der Waals surface area contributed by atoms with E-state index < -0.39 is 12.1 Å². The van der Waals surface area contributed by atoms with Crippen LogP contribution in [0.4, 0.5) is 0 Å². The first-order valence-electron chi connectivity index (χ1n) is 16.3. The Bertz CT molecular complexity index is 1680. The molecule has 2 atom stereocenters. The van der Waals surface area contributed by atoms with Crippen LogP contribution in [0, 0.1) is 12.8 Å². The van der Waals surface area contributed by atoms with Crippen LogP contribution in [0.5, 0.6) is 0 Å². The Kier molecular flexibility index (Phi) is 11.4. The van der Waals surface area contributed by atoms with Gasteiger partial charge in [-0.2, -0.15) is 10.2 Å². The third-order valence-electron chi connectivity index (χ3n) is 8.07. The van der Waals surface area contributed by atoms with Gasteiger partial charge in [0.25, 0.3) is 5.91 Å². The maximum atomic E-state index is 13.8. The van der Waals surface area contributed by atoms with Crippen LogP contribution in [0.15, 0.2) is 65.3 Å². The summed E-state index contributed by atoms with van der Waals surface area (Å²) in [5.41, 5.74) is 0.888. The lowest BCUT2D eigenvalue weighted by Crippen LogP contribution is -2.50. The molecule has 1 aliphatic heterocycles. The van der Waals surface area contributed by atoms with Crippen molar-refractivity contribution >= 4 is 23.6 Å². The van der Waals surface area contributed by atoms with Gasteiger partial charge in [-0.25, -0.2) is 9.67 Å². The molecule has 3 aromatic heterocycles. The molecule has 14 heteroatoms. The van der Waals surface area contributed by atoms with Gasteiger partial charge in [0, 0.05) is 44.9 Å². The monoisotopic (exact) mass is 657 g/mol. The van der Waals surface area contributed by atoms with Crippen molar-refractivity contribution in [2.24, 2.45) is 5.92 Å². The second kappa shape index (κ2) is 16.0. The zero-order valence-electron chi connectivity index (χ0n) is 27.6. The number of furan rings is 1. The number of hydrogen-bond acceptors (Lipinski definition) is 8. The van der Waals surface area contributed by atoms with E-state index in [1.807, 2.05) is 50.2 Å². The molecule has 0 fully saturated rings. The Morgan fingerprint density at radius 3 is 2.54 bits per heavy atom. The number of fused-ring (bicyclic) bond motifs is 1. The van der Waals surface area contributed by atoms with Crippen LogP contribution in [0.3, 0.4) is 0 Å². The number of carbonyl (C=O) groups is 4. The number of hydrogen-bond donors (Lipinski definition) is 3. The molecule has 254 valence electrons. The fraction of sp³-hybridized carbons (Fsp3) is 0.441. The van der Waals surface area contributed by atoms with Crippen LogP contribution in [-0.4, -0.2) is 78.7 Å². The Labute approximate surface area is 279 Å². The average molecular weight is 658 g/mol. The fourth-order valence-electron chi connectivity index (χ4n) is 5.65. The Hall–Kier alpha value is -5.27. The maximum Gasteiger partial charge on any atom is 0.289 e. The molecule has 48 heavy (non-hydrogen) atoms. The van der Waals surface area contributed by atoms with Gasteiger partial charge in [0.05, 0.1) is 12.6 Å². The lowest BCUT2D eigenvalue weighted by molar-refractivity contribution is -0.129. The summed E-state index contributed by atoms with van der Waals surface area (Å²) in [5.74, 6) is 0.357. The zero-order chi connectivity index (χ0) is 34.0. The Morgan fingerprint density at radius 1 is 1.00 bits per heavy atom. The number of rotatable bonds is 6. The molecule has 0 radical (unpaired) electrons. The SMILES string of the molecule is Cc1nc2n(n1)CC(=O)NCCCN(C(=O)c1ccc(Cn3cccn3)o1)CCCC(=O)N[C@H](Cc1ccccc1)C(=O)N[C@H]2C(C)C. The Morgan fingerprint density at radius 2 is 1.79 bits per heavy atom. The van der Waals surface area contributed by atoms with Gasteiger partial charge in [0.2, 0.25) is 17.7 Å². The first-order valence-corrected chi connectivity index (χ1v) is 16.3. The lowest BCUT2D eigenvalue weighted by Gasteiger charge is -2.26. The van der Waals surface area contributed by atoms with E-state index in [-0.39, 0.29) is 61.2 Å². The van der Waals surface area contributed by atoms with E-state index in [1.165, 1.54) is 4.68 Å². The number of amides is 4. The molecule has 0 unspecified atom stereocenters. The molecule has 4 amide bonds. The molecule has 1 aliphatic rings. The van der Waals surface area contributed by atoms with E-state index in [0.717, 1.165) is 5.56 Å². The molecule has 0 aliphatic carbocycles. The molecule has 0 saturated carbocycles. The molecule has 4 aromatic rings. The molecule has 5 rings (SSSR count). The van der Waals surface area contributed by atoms with E-state index in [9.17, 15) is 19.2 Å². The van der Waals surface area contributed by atoms with Crippen molar-refractivity contribution < 1.29 is 23.6 Å². The van der Waals surface area contributed by atoms with Crippen molar-refractivity contribution in [3.63, 3.8) is 0 Å². The molecular formula is C34H43N9O5. The summed E-state index contributed by atoms with van der Waals surface area (Å²) in [7, 11) is 0. The van der Waals surface area contributed by atoms with E-state index in [4.69, 9.17) is 4.42 Å². The van der Waals surface area contributed by atoms with Crippen LogP contribution in [0.1, 0.15) is 72.7 Å². The van der Waals surface area contributed by atoms with E-state index in [0.29, 0.717) is 49.9 Å². The fourth-order valence-corrected chi connectivity index (χ4v) is 5.65. The Balaban J connectivity index is 1.36. The highest BCUT2D eigenvalue weighted by atomic mass is 16.4. The summed E-state index contributed by atoms with van der Waals surface area (Å²) in [6.07, 6.45) is 4.70. The molecule has 4 heterocycles. The largest absolute Gasteiger partial charge is 0.454 e. The highest BCUT2D eigenvalue weighted by Crippen LogP contribution is 2.21. The first-order chi connectivity index (χ1) is 23.2. The second-order valence-corrected chi connectivity index (χ2v) is 12.3. The number of carbonyl (C=O) groups excluding carboxylic acids is 4. The molecular weight excluding hydrogens is 614 g/mol. The predicted octanol–water partition coefficient (Wildman–Crippen LogP) is 2.41. The van der Waals surface area contributed by atoms with Crippen molar-refractivity contribution in [2.45, 2.75) is 71.6 Å². The van der Waals surface area contributed by atoms with Crippen molar-refractivity contribution in [1.29, 1.82) is 0 Å². The van der Waals surface area contributed by atoms with Crippen LogP contribution in [0.2, 0.25) is 0 Å². The van der Waals surface area contributed by atoms with Crippen LogP contribution in [-0.2, 0) is 33.9 Å². The third-order valence-corrected chi connectivity index (χ3v) is 8.07. The van der Waals surface area contributed by atoms with Gasteiger partial charge in [-0.15, -0.1) is 0 Å². The van der Waals surface area contributed by atoms with E-state index in [2.05, 4.69) is 31.1 Å². The summed E-state index contributed by atoms with van der Waals surface area (Å²) in [5, 5.41) is 17.5. The van der Waals surface area contributed by atoms with Crippen LogP contribution >= 0.6 is 0 Å². The highest BCUT2D eigenvalue weighted by molar-refractivity contribution is 5.91. The second-order valence-electron chi connectivity index (χ2n) is 12.3. The van der Waals surface area contributed by atoms with Crippen molar-refractivity contribution in [1.82, 2.24) is 45.4 Å². The van der Waals surface area contributed by atoms with Crippen molar-refractivity contribution in [2.75, 3.05) is 19.6 Å². The summed E-state index contributed by atoms with van der Waals surface area (Å²) in [6.45, 7) is 6.86. The van der Waals surface area contributed by atoms with Crippen LogP contribution in [0.25, 0.3) is 0 Å². The van der Waals surface area contributed by atoms with Gasteiger partial charge in [0.15, 0.2) is 11.6 Å². The van der Waals surface area contributed by atoms with Crippen LogP contribution < -0.4 is 16.0 Å². The van der Waals surface area contributed by atoms with Gasteiger partial charge in [-0.3, -0.25) is 23.9 Å². The smallest absolute Gasteiger partial charge is 0.289 e. The van der Waals surface area contributed by atoms with E-state index in [1.54, 1.807) is 41.0 Å². The van der Waals surface area contributed by atoms with E-state index >= 15 is 0 Å². The van der Waals surface area contributed by atoms with Gasteiger partial charge in [0.1, 0.15) is 24.2 Å². The number of benzene rings is 1. The number of aryl methyl sites for hydroxylation is 1.